The van der Waals surface area contributed by atoms with Gasteiger partial charge in [-0.1, -0.05) is 176 Å². The summed E-state index contributed by atoms with van der Waals surface area (Å²) in [5, 5.41) is 4.86. The molecular weight excluding hydrogens is 715 g/mol. The first kappa shape index (κ1) is 33.2. The fraction of sp³-hybridized carbons (Fsp3) is 0.0179. The highest BCUT2D eigenvalue weighted by Crippen LogP contribution is 2.58. The maximum absolute atomic E-state index is 7.94. The van der Waals surface area contributed by atoms with E-state index in [9.17, 15) is 0 Å². The molecule has 0 bridgehead atoms. The third kappa shape index (κ3) is 4.63. The van der Waals surface area contributed by atoms with Crippen LogP contribution in [0.15, 0.2) is 212 Å². The Labute approximate surface area is 342 Å². The predicted octanol–water partition coefficient (Wildman–Crippen LogP) is 14.5. The lowest BCUT2D eigenvalue weighted by Gasteiger charge is -2.33. The third-order valence-corrected chi connectivity index (χ3v) is 12.6. The smallest absolute Gasteiger partial charge is 0.189 e. The van der Waals surface area contributed by atoms with Crippen LogP contribution in [-0.2, 0) is 5.41 Å². The number of fused-ring (bicyclic) bond motifs is 10. The molecule has 2 heterocycles. The molecule has 1 aliphatic carbocycles. The van der Waals surface area contributed by atoms with Gasteiger partial charge in [-0.05, 0) is 69.8 Å². The normalized spacial score (nSPS) is 12.9. The molecule has 274 valence electrons. The van der Waals surface area contributed by atoms with Crippen molar-refractivity contribution in [1.82, 2.24) is 9.13 Å². The first-order valence-electron chi connectivity index (χ1n) is 20.1. The lowest BCUT2D eigenvalue weighted by Crippen LogP contribution is -2.28. The van der Waals surface area contributed by atoms with Crippen molar-refractivity contribution in [2.45, 2.75) is 5.41 Å². The molecule has 12 rings (SSSR count). The molecule has 3 heteroatoms. The Kier molecular flexibility index (Phi) is 7.21. The van der Waals surface area contributed by atoms with E-state index in [2.05, 4.69) is 214 Å². The molecule has 0 saturated carbocycles. The molecular formula is C56H35N3. The highest BCUT2D eigenvalue weighted by molar-refractivity contribution is 6.16. The Morgan fingerprint density at radius 2 is 0.949 bits per heavy atom. The summed E-state index contributed by atoms with van der Waals surface area (Å²) in [6, 6.07) is 76.8. The van der Waals surface area contributed by atoms with Gasteiger partial charge in [0.2, 0.25) is 0 Å². The van der Waals surface area contributed by atoms with Crippen LogP contribution in [0.3, 0.4) is 0 Å². The Balaban J connectivity index is 1.11. The van der Waals surface area contributed by atoms with Gasteiger partial charge < -0.3 is 9.13 Å². The van der Waals surface area contributed by atoms with Gasteiger partial charge in [0.1, 0.15) is 0 Å². The van der Waals surface area contributed by atoms with Gasteiger partial charge in [-0.2, -0.15) is 0 Å². The summed E-state index contributed by atoms with van der Waals surface area (Å²) in [6.45, 7) is 7.94. The number of benzene rings is 9. The first-order valence-corrected chi connectivity index (χ1v) is 20.1. The van der Waals surface area contributed by atoms with Gasteiger partial charge in [0.15, 0.2) is 5.69 Å². The van der Waals surface area contributed by atoms with Crippen LogP contribution in [-0.4, -0.2) is 9.13 Å². The zero-order valence-corrected chi connectivity index (χ0v) is 32.0. The van der Waals surface area contributed by atoms with Gasteiger partial charge in [0.05, 0.1) is 34.1 Å². The fourth-order valence-electron chi connectivity index (χ4n) is 10.2. The van der Waals surface area contributed by atoms with Crippen molar-refractivity contribution in [2.24, 2.45) is 0 Å². The van der Waals surface area contributed by atoms with Gasteiger partial charge in [0, 0.05) is 44.0 Å². The average Bonchev–Trinajstić information content (AvgIpc) is 3.94. The number of para-hydroxylation sites is 3. The lowest BCUT2D eigenvalue weighted by molar-refractivity contribution is 0.769. The van der Waals surface area contributed by atoms with Crippen LogP contribution in [0, 0.1) is 6.57 Å². The molecule has 59 heavy (non-hydrogen) atoms. The minimum atomic E-state index is -0.492. The van der Waals surface area contributed by atoms with Crippen LogP contribution in [0.1, 0.15) is 22.3 Å². The summed E-state index contributed by atoms with van der Waals surface area (Å²) in [5.41, 5.74) is 16.6. The van der Waals surface area contributed by atoms with E-state index < -0.39 is 5.41 Å². The predicted molar refractivity (Wildman–Crippen MR) is 244 cm³/mol. The molecule has 0 aliphatic heterocycles. The van der Waals surface area contributed by atoms with E-state index in [1.54, 1.807) is 0 Å². The van der Waals surface area contributed by atoms with Gasteiger partial charge >= 0.3 is 0 Å². The van der Waals surface area contributed by atoms with Crippen molar-refractivity contribution in [2.75, 3.05) is 0 Å². The number of hydrogen-bond acceptors (Lipinski definition) is 0. The lowest BCUT2D eigenvalue weighted by atomic mass is 9.67. The van der Waals surface area contributed by atoms with Crippen LogP contribution in [0.4, 0.5) is 5.69 Å². The zero-order valence-electron chi connectivity index (χ0n) is 32.0. The summed E-state index contributed by atoms with van der Waals surface area (Å²) in [5.74, 6) is 0. The Morgan fingerprint density at radius 3 is 1.58 bits per heavy atom. The SMILES string of the molecule is [C-]#[N+]c1ccc(-c2ccc(-n3c4ccccc4c4ccc5c(c43)-c3ccccc3C5(c3ccccc3)c3ccccc3)cc2)c(-n2c3ccccc3c3ccccc32)c1. The monoisotopic (exact) mass is 749 g/mol. The summed E-state index contributed by atoms with van der Waals surface area (Å²) < 4.78 is 4.80. The molecule has 0 fully saturated rings. The van der Waals surface area contributed by atoms with Gasteiger partial charge in [-0.25, -0.2) is 4.85 Å². The quantitative estimate of drug-likeness (QED) is 0.156. The second kappa shape index (κ2) is 12.8. The third-order valence-electron chi connectivity index (χ3n) is 12.6. The Morgan fingerprint density at radius 1 is 0.407 bits per heavy atom. The summed E-state index contributed by atoms with van der Waals surface area (Å²) in [7, 11) is 0. The number of aromatic nitrogens is 2. The van der Waals surface area contributed by atoms with Crippen LogP contribution in [0.5, 0.6) is 0 Å². The van der Waals surface area contributed by atoms with Crippen molar-refractivity contribution >= 4 is 49.3 Å². The Bertz CT molecular complexity index is 3400. The van der Waals surface area contributed by atoms with Crippen LogP contribution >= 0.6 is 0 Å². The standard InChI is InChI=1S/C56H35N3/c1-57-40-30-33-42(53(36-40)59-51-26-14-9-20-43(51)44-21-10-15-27-52(44)59)37-28-31-41(32-29-37)58-50-25-13-11-22-45(50)46-34-35-49-54(55(46)58)47-23-8-12-24-48(47)56(49,38-16-4-2-5-17-38)39-18-6-3-7-19-39/h2-36H. The molecule has 0 atom stereocenters. The maximum Gasteiger partial charge on any atom is 0.189 e. The molecule has 0 radical (unpaired) electrons. The number of hydrogen-bond donors (Lipinski definition) is 0. The van der Waals surface area contributed by atoms with Crippen molar-refractivity contribution in [3.8, 4) is 33.6 Å². The molecule has 0 amide bonds. The highest BCUT2D eigenvalue weighted by Gasteiger charge is 2.47. The van der Waals surface area contributed by atoms with Crippen LogP contribution < -0.4 is 0 Å². The van der Waals surface area contributed by atoms with Crippen LogP contribution in [0.2, 0.25) is 0 Å². The summed E-state index contributed by atoms with van der Waals surface area (Å²) in [6.07, 6.45) is 0. The minimum Gasteiger partial charge on any atom is -0.310 e. The second-order valence-corrected chi connectivity index (χ2v) is 15.5. The zero-order chi connectivity index (χ0) is 39.1. The van der Waals surface area contributed by atoms with E-state index in [0.717, 1.165) is 33.5 Å². The maximum atomic E-state index is 7.94. The minimum absolute atomic E-state index is 0.492. The van der Waals surface area contributed by atoms with E-state index in [4.69, 9.17) is 6.57 Å². The van der Waals surface area contributed by atoms with E-state index in [1.165, 1.54) is 66.0 Å². The largest absolute Gasteiger partial charge is 0.310 e. The van der Waals surface area contributed by atoms with Crippen LogP contribution in [0.25, 0.3) is 82.1 Å². The van der Waals surface area contributed by atoms with Gasteiger partial charge in [0.25, 0.3) is 0 Å². The number of nitrogens with zero attached hydrogens (tertiary/aromatic N) is 3. The second-order valence-electron chi connectivity index (χ2n) is 15.5. The molecule has 1 aliphatic rings. The molecule has 0 N–H and O–H groups in total. The first-order chi connectivity index (χ1) is 29.3. The van der Waals surface area contributed by atoms with Crippen molar-refractivity contribution in [3.05, 3.63) is 246 Å². The molecule has 11 aromatic rings. The fourth-order valence-corrected chi connectivity index (χ4v) is 10.2. The van der Waals surface area contributed by atoms with Crippen molar-refractivity contribution in [3.63, 3.8) is 0 Å². The van der Waals surface area contributed by atoms with E-state index in [0.29, 0.717) is 5.69 Å². The molecule has 0 saturated heterocycles. The topological polar surface area (TPSA) is 14.2 Å². The van der Waals surface area contributed by atoms with E-state index in [1.807, 2.05) is 12.1 Å². The van der Waals surface area contributed by atoms with Gasteiger partial charge in [-0.15, -0.1) is 0 Å². The van der Waals surface area contributed by atoms with Crippen molar-refractivity contribution in [1.29, 1.82) is 0 Å². The molecule has 2 aromatic heterocycles. The highest BCUT2D eigenvalue weighted by atomic mass is 15.0. The Hall–Kier alpha value is -7.93. The van der Waals surface area contributed by atoms with Crippen molar-refractivity contribution < 1.29 is 0 Å². The van der Waals surface area contributed by atoms with E-state index in [-0.39, 0.29) is 0 Å². The molecule has 3 nitrogen and oxygen atoms in total. The molecule has 0 unspecified atom stereocenters. The molecule has 0 spiro atoms. The van der Waals surface area contributed by atoms with Gasteiger partial charge in [-0.3, -0.25) is 0 Å². The van der Waals surface area contributed by atoms with E-state index >= 15 is 0 Å². The molecule has 9 aromatic carbocycles. The summed E-state index contributed by atoms with van der Waals surface area (Å²) in [4.78, 5) is 3.87. The number of rotatable bonds is 5. The average molecular weight is 750 g/mol. The summed E-state index contributed by atoms with van der Waals surface area (Å²) >= 11 is 0.